The SMILES string of the molecule is O=C(NCCOc1ccc2c(c1)OCO2)c1ccccc1. The van der Waals surface area contributed by atoms with Crippen LogP contribution in [0.2, 0.25) is 0 Å². The maximum Gasteiger partial charge on any atom is 0.251 e. The van der Waals surface area contributed by atoms with Crippen molar-refractivity contribution in [3.8, 4) is 17.2 Å². The Morgan fingerprint density at radius 1 is 1.10 bits per heavy atom. The molecule has 0 radical (unpaired) electrons. The maximum atomic E-state index is 11.8. The van der Waals surface area contributed by atoms with Gasteiger partial charge in [-0.1, -0.05) is 18.2 Å². The van der Waals surface area contributed by atoms with Crippen molar-refractivity contribution in [2.75, 3.05) is 19.9 Å². The molecular weight excluding hydrogens is 270 g/mol. The normalized spacial score (nSPS) is 12.0. The van der Waals surface area contributed by atoms with E-state index >= 15 is 0 Å². The molecule has 0 bridgehead atoms. The molecule has 0 saturated carbocycles. The number of carbonyl (C=O) groups excluding carboxylic acids is 1. The summed E-state index contributed by atoms with van der Waals surface area (Å²) in [5.41, 5.74) is 0.639. The van der Waals surface area contributed by atoms with Gasteiger partial charge < -0.3 is 19.5 Å². The summed E-state index contributed by atoms with van der Waals surface area (Å²) in [5, 5.41) is 2.80. The van der Waals surface area contributed by atoms with Crippen LogP contribution in [0.3, 0.4) is 0 Å². The van der Waals surface area contributed by atoms with Crippen molar-refractivity contribution in [1.82, 2.24) is 5.32 Å². The number of fused-ring (bicyclic) bond motifs is 1. The van der Waals surface area contributed by atoms with Gasteiger partial charge in [-0.3, -0.25) is 4.79 Å². The van der Waals surface area contributed by atoms with Gasteiger partial charge in [0.05, 0.1) is 6.54 Å². The topological polar surface area (TPSA) is 56.8 Å². The fourth-order valence-corrected chi connectivity index (χ4v) is 1.99. The van der Waals surface area contributed by atoms with Crippen LogP contribution in [-0.2, 0) is 0 Å². The van der Waals surface area contributed by atoms with E-state index in [1.165, 1.54) is 0 Å². The monoisotopic (exact) mass is 285 g/mol. The van der Waals surface area contributed by atoms with Crippen LogP contribution in [0.4, 0.5) is 0 Å². The van der Waals surface area contributed by atoms with Gasteiger partial charge in [0, 0.05) is 11.6 Å². The summed E-state index contributed by atoms with van der Waals surface area (Å²) in [4.78, 5) is 11.8. The summed E-state index contributed by atoms with van der Waals surface area (Å²) in [6, 6.07) is 14.5. The Morgan fingerprint density at radius 2 is 1.90 bits per heavy atom. The minimum absolute atomic E-state index is 0.107. The Balaban J connectivity index is 1.45. The van der Waals surface area contributed by atoms with Gasteiger partial charge in [0.25, 0.3) is 5.91 Å². The zero-order valence-electron chi connectivity index (χ0n) is 11.4. The Morgan fingerprint density at radius 3 is 2.76 bits per heavy atom. The summed E-state index contributed by atoms with van der Waals surface area (Å²) >= 11 is 0. The number of hydrogen-bond acceptors (Lipinski definition) is 4. The molecule has 0 atom stereocenters. The van der Waals surface area contributed by atoms with Gasteiger partial charge in [-0.2, -0.15) is 0 Å². The van der Waals surface area contributed by atoms with Crippen LogP contribution in [0.1, 0.15) is 10.4 Å². The quantitative estimate of drug-likeness (QED) is 0.856. The lowest BCUT2D eigenvalue weighted by atomic mass is 10.2. The van der Waals surface area contributed by atoms with Gasteiger partial charge in [-0.05, 0) is 24.3 Å². The van der Waals surface area contributed by atoms with Crippen molar-refractivity contribution in [3.05, 3.63) is 54.1 Å². The highest BCUT2D eigenvalue weighted by molar-refractivity contribution is 5.94. The summed E-state index contributed by atoms with van der Waals surface area (Å²) in [5.74, 6) is 1.98. The molecule has 5 nitrogen and oxygen atoms in total. The first-order valence-electron chi connectivity index (χ1n) is 6.68. The Hall–Kier alpha value is -2.69. The summed E-state index contributed by atoms with van der Waals surface area (Å²) in [6.07, 6.45) is 0. The zero-order chi connectivity index (χ0) is 14.5. The van der Waals surface area contributed by atoms with Crippen LogP contribution in [0.25, 0.3) is 0 Å². The molecule has 1 amide bonds. The van der Waals surface area contributed by atoms with Crippen LogP contribution < -0.4 is 19.5 Å². The molecule has 1 N–H and O–H groups in total. The smallest absolute Gasteiger partial charge is 0.251 e. The average Bonchev–Trinajstić information content (AvgIpc) is 3.00. The highest BCUT2D eigenvalue weighted by atomic mass is 16.7. The van der Waals surface area contributed by atoms with Crippen LogP contribution in [0.5, 0.6) is 17.2 Å². The van der Waals surface area contributed by atoms with Gasteiger partial charge in [0.2, 0.25) is 6.79 Å². The maximum absolute atomic E-state index is 11.8. The van der Waals surface area contributed by atoms with E-state index in [1.54, 1.807) is 24.3 Å². The predicted molar refractivity (Wildman–Crippen MR) is 76.8 cm³/mol. The third-order valence-corrected chi connectivity index (χ3v) is 3.04. The first-order valence-corrected chi connectivity index (χ1v) is 6.68. The molecule has 1 heterocycles. The Labute approximate surface area is 122 Å². The van der Waals surface area contributed by atoms with Crippen molar-refractivity contribution < 1.29 is 19.0 Å². The van der Waals surface area contributed by atoms with E-state index in [0.717, 1.165) is 5.75 Å². The predicted octanol–water partition coefficient (Wildman–Crippen LogP) is 2.22. The van der Waals surface area contributed by atoms with E-state index in [-0.39, 0.29) is 12.7 Å². The summed E-state index contributed by atoms with van der Waals surface area (Å²) < 4.78 is 16.1. The van der Waals surface area contributed by atoms with E-state index in [2.05, 4.69) is 5.32 Å². The van der Waals surface area contributed by atoms with Crippen LogP contribution in [-0.4, -0.2) is 25.9 Å². The van der Waals surface area contributed by atoms with Crippen LogP contribution >= 0.6 is 0 Å². The molecule has 0 saturated heterocycles. The van der Waals surface area contributed by atoms with E-state index in [0.29, 0.717) is 30.2 Å². The van der Waals surface area contributed by atoms with Crippen molar-refractivity contribution in [1.29, 1.82) is 0 Å². The summed E-state index contributed by atoms with van der Waals surface area (Å²) in [7, 11) is 0. The second kappa shape index (κ2) is 6.17. The van der Waals surface area contributed by atoms with Crippen molar-refractivity contribution >= 4 is 5.91 Å². The largest absolute Gasteiger partial charge is 0.492 e. The van der Waals surface area contributed by atoms with Gasteiger partial charge in [-0.25, -0.2) is 0 Å². The molecule has 0 fully saturated rings. The lowest BCUT2D eigenvalue weighted by Crippen LogP contribution is -2.27. The second-order valence-electron chi connectivity index (χ2n) is 4.49. The third-order valence-electron chi connectivity index (χ3n) is 3.04. The van der Waals surface area contributed by atoms with Crippen LogP contribution in [0, 0.1) is 0 Å². The first-order chi connectivity index (χ1) is 10.3. The van der Waals surface area contributed by atoms with E-state index < -0.39 is 0 Å². The first kappa shape index (κ1) is 13.3. The lowest BCUT2D eigenvalue weighted by molar-refractivity contribution is 0.0947. The van der Waals surface area contributed by atoms with Gasteiger partial charge in [0.15, 0.2) is 11.5 Å². The van der Waals surface area contributed by atoms with E-state index in [9.17, 15) is 4.79 Å². The number of hydrogen-bond donors (Lipinski definition) is 1. The molecule has 0 unspecified atom stereocenters. The number of ether oxygens (including phenoxy) is 3. The number of amides is 1. The van der Waals surface area contributed by atoms with Crippen LogP contribution in [0.15, 0.2) is 48.5 Å². The zero-order valence-corrected chi connectivity index (χ0v) is 11.4. The molecule has 108 valence electrons. The number of benzene rings is 2. The highest BCUT2D eigenvalue weighted by Gasteiger charge is 2.13. The number of carbonyl (C=O) groups is 1. The fourth-order valence-electron chi connectivity index (χ4n) is 1.99. The highest BCUT2D eigenvalue weighted by Crippen LogP contribution is 2.34. The van der Waals surface area contributed by atoms with E-state index in [1.807, 2.05) is 24.3 Å². The molecule has 2 aromatic rings. The van der Waals surface area contributed by atoms with Crippen molar-refractivity contribution in [2.45, 2.75) is 0 Å². The molecule has 1 aliphatic heterocycles. The van der Waals surface area contributed by atoms with Gasteiger partial charge in [-0.15, -0.1) is 0 Å². The molecular formula is C16H15NO4. The summed E-state index contributed by atoms with van der Waals surface area (Å²) in [6.45, 7) is 1.06. The lowest BCUT2D eigenvalue weighted by Gasteiger charge is -2.08. The Kier molecular flexibility index (Phi) is 3.91. The third kappa shape index (κ3) is 3.25. The van der Waals surface area contributed by atoms with Crippen molar-refractivity contribution in [2.24, 2.45) is 0 Å². The minimum Gasteiger partial charge on any atom is -0.492 e. The molecule has 0 aliphatic carbocycles. The molecule has 21 heavy (non-hydrogen) atoms. The minimum atomic E-state index is -0.107. The van der Waals surface area contributed by atoms with E-state index in [4.69, 9.17) is 14.2 Å². The number of nitrogens with one attached hydrogen (secondary N) is 1. The molecule has 3 rings (SSSR count). The second-order valence-corrected chi connectivity index (χ2v) is 4.49. The molecule has 5 heteroatoms. The number of rotatable bonds is 5. The molecule has 1 aliphatic rings. The molecule has 2 aromatic carbocycles. The van der Waals surface area contributed by atoms with Gasteiger partial charge >= 0.3 is 0 Å². The van der Waals surface area contributed by atoms with Crippen molar-refractivity contribution in [3.63, 3.8) is 0 Å². The average molecular weight is 285 g/mol. The van der Waals surface area contributed by atoms with Gasteiger partial charge in [0.1, 0.15) is 12.4 Å². The Bertz CT molecular complexity index is 627. The molecule has 0 spiro atoms. The fraction of sp³-hybridized carbons (Fsp3) is 0.188. The standard InChI is InChI=1S/C16H15NO4/c18-16(12-4-2-1-3-5-12)17-8-9-19-13-6-7-14-15(10-13)21-11-20-14/h1-7,10H,8-9,11H2,(H,17,18). The molecule has 0 aromatic heterocycles.